The van der Waals surface area contributed by atoms with Crippen molar-refractivity contribution in [2.24, 2.45) is 0 Å². The smallest absolute Gasteiger partial charge is 0.263 e. The summed E-state index contributed by atoms with van der Waals surface area (Å²) >= 11 is 1.38. The quantitative estimate of drug-likeness (QED) is 0.942. The monoisotopic (exact) mass is 303 g/mol. The Hall–Kier alpha value is -1.79. The molecular formula is C15H17N3O2S. The van der Waals surface area contributed by atoms with Crippen LogP contribution in [0.15, 0.2) is 24.4 Å². The van der Waals surface area contributed by atoms with E-state index in [4.69, 9.17) is 4.74 Å². The van der Waals surface area contributed by atoms with Crippen molar-refractivity contribution in [1.82, 2.24) is 15.3 Å². The minimum absolute atomic E-state index is 0.0809. The Kier molecular flexibility index (Phi) is 4.26. The number of rotatable bonds is 4. The maximum Gasteiger partial charge on any atom is 0.263 e. The van der Waals surface area contributed by atoms with E-state index in [9.17, 15) is 4.79 Å². The van der Waals surface area contributed by atoms with E-state index < -0.39 is 0 Å². The Morgan fingerprint density at radius 2 is 2.43 bits per heavy atom. The molecule has 1 saturated heterocycles. The van der Waals surface area contributed by atoms with Crippen LogP contribution in [-0.4, -0.2) is 35.1 Å². The molecule has 1 aliphatic rings. The molecule has 0 aliphatic carbocycles. The number of pyridine rings is 1. The average molecular weight is 303 g/mol. The summed E-state index contributed by atoms with van der Waals surface area (Å²) in [5, 5.41) is 3.71. The third-order valence-corrected chi connectivity index (χ3v) is 4.58. The number of thiazole rings is 1. The first-order valence-electron chi connectivity index (χ1n) is 7.02. The summed E-state index contributed by atoms with van der Waals surface area (Å²) in [4.78, 5) is 21.6. The van der Waals surface area contributed by atoms with E-state index in [0.29, 0.717) is 11.4 Å². The molecular weight excluding hydrogens is 286 g/mol. The van der Waals surface area contributed by atoms with Crippen LogP contribution in [0.4, 0.5) is 0 Å². The molecule has 3 rings (SSSR count). The highest BCUT2D eigenvalue weighted by Gasteiger charge is 2.20. The van der Waals surface area contributed by atoms with Gasteiger partial charge in [0.05, 0.1) is 17.5 Å². The van der Waals surface area contributed by atoms with Gasteiger partial charge < -0.3 is 10.1 Å². The maximum absolute atomic E-state index is 12.3. The predicted octanol–water partition coefficient (Wildman–Crippen LogP) is 2.42. The molecule has 0 spiro atoms. The van der Waals surface area contributed by atoms with Gasteiger partial charge in [-0.25, -0.2) is 4.98 Å². The zero-order chi connectivity index (χ0) is 14.7. The molecule has 1 atom stereocenters. The van der Waals surface area contributed by atoms with Gasteiger partial charge in [-0.3, -0.25) is 9.78 Å². The van der Waals surface area contributed by atoms with E-state index in [2.05, 4.69) is 15.3 Å². The van der Waals surface area contributed by atoms with Crippen molar-refractivity contribution in [1.29, 1.82) is 0 Å². The van der Waals surface area contributed by atoms with Gasteiger partial charge in [0.2, 0.25) is 0 Å². The highest BCUT2D eigenvalue weighted by molar-refractivity contribution is 7.17. The van der Waals surface area contributed by atoms with Gasteiger partial charge in [0.1, 0.15) is 9.88 Å². The summed E-state index contributed by atoms with van der Waals surface area (Å²) in [5.41, 5.74) is 1.54. The van der Waals surface area contributed by atoms with E-state index in [1.807, 2.05) is 25.1 Å². The lowest BCUT2D eigenvalue weighted by Crippen LogP contribution is -2.31. The van der Waals surface area contributed by atoms with Gasteiger partial charge in [0, 0.05) is 19.3 Å². The summed E-state index contributed by atoms with van der Waals surface area (Å²) in [5.74, 6) is -0.0809. The summed E-state index contributed by atoms with van der Waals surface area (Å²) in [7, 11) is 0. The lowest BCUT2D eigenvalue weighted by atomic mass is 10.2. The molecule has 0 bridgehead atoms. The number of hydrogen-bond acceptors (Lipinski definition) is 5. The van der Waals surface area contributed by atoms with Crippen LogP contribution in [0.25, 0.3) is 10.7 Å². The fourth-order valence-electron chi connectivity index (χ4n) is 2.30. The Labute approximate surface area is 127 Å². The molecule has 0 saturated carbocycles. The topological polar surface area (TPSA) is 64.1 Å². The number of carbonyl (C=O) groups excluding carboxylic acids is 1. The SMILES string of the molecule is Cc1nc(-c2ccccn2)sc1C(=O)NCC1CCCO1. The van der Waals surface area contributed by atoms with E-state index in [1.54, 1.807) is 6.20 Å². The van der Waals surface area contributed by atoms with Crippen LogP contribution in [0.5, 0.6) is 0 Å². The number of hydrogen-bond donors (Lipinski definition) is 1. The van der Waals surface area contributed by atoms with Crippen molar-refractivity contribution in [2.45, 2.75) is 25.9 Å². The third-order valence-electron chi connectivity index (χ3n) is 3.40. The minimum atomic E-state index is -0.0809. The normalized spacial score (nSPS) is 17.9. The zero-order valence-electron chi connectivity index (χ0n) is 11.8. The average Bonchev–Trinajstić information content (AvgIpc) is 3.15. The molecule has 110 valence electrons. The largest absolute Gasteiger partial charge is 0.376 e. The molecule has 0 aromatic carbocycles. The number of nitrogens with zero attached hydrogens (tertiary/aromatic N) is 2. The van der Waals surface area contributed by atoms with Gasteiger partial charge in [-0.1, -0.05) is 6.07 Å². The number of aromatic nitrogens is 2. The standard InChI is InChI=1S/C15H17N3O2S/c1-10-13(14(19)17-9-11-5-4-8-20-11)21-15(18-10)12-6-2-3-7-16-12/h2-3,6-7,11H,4-5,8-9H2,1H3,(H,17,19). The van der Waals surface area contributed by atoms with Gasteiger partial charge in [-0.15, -0.1) is 11.3 Å². The van der Waals surface area contributed by atoms with Crippen molar-refractivity contribution >= 4 is 17.2 Å². The Morgan fingerprint density at radius 3 is 3.14 bits per heavy atom. The van der Waals surface area contributed by atoms with Gasteiger partial charge in [0.25, 0.3) is 5.91 Å². The zero-order valence-corrected chi connectivity index (χ0v) is 12.7. The maximum atomic E-state index is 12.3. The van der Waals surface area contributed by atoms with E-state index >= 15 is 0 Å². The fourth-order valence-corrected chi connectivity index (χ4v) is 3.26. The lowest BCUT2D eigenvalue weighted by molar-refractivity contribution is 0.0860. The molecule has 2 aromatic rings. The molecule has 1 amide bonds. The van der Waals surface area contributed by atoms with Crippen molar-refractivity contribution in [3.63, 3.8) is 0 Å². The summed E-state index contributed by atoms with van der Waals surface area (Å²) in [6.45, 7) is 3.21. The first-order chi connectivity index (χ1) is 10.2. The number of ether oxygens (including phenoxy) is 1. The van der Waals surface area contributed by atoms with E-state index in [-0.39, 0.29) is 12.0 Å². The minimum Gasteiger partial charge on any atom is -0.376 e. The molecule has 3 heterocycles. The molecule has 6 heteroatoms. The van der Waals surface area contributed by atoms with Gasteiger partial charge in [-0.2, -0.15) is 0 Å². The Bertz CT molecular complexity index is 621. The van der Waals surface area contributed by atoms with Crippen molar-refractivity contribution in [3.05, 3.63) is 35.0 Å². The highest BCUT2D eigenvalue weighted by Crippen LogP contribution is 2.26. The highest BCUT2D eigenvalue weighted by atomic mass is 32.1. The Balaban J connectivity index is 1.70. The van der Waals surface area contributed by atoms with Crippen molar-refractivity contribution < 1.29 is 9.53 Å². The molecule has 1 aliphatic heterocycles. The number of amides is 1. The van der Waals surface area contributed by atoms with Crippen LogP contribution >= 0.6 is 11.3 Å². The van der Waals surface area contributed by atoms with Crippen LogP contribution in [-0.2, 0) is 4.74 Å². The molecule has 1 unspecified atom stereocenters. The first kappa shape index (κ1) is 14.2. The second-order valence-electron chi connectivity index (χ2n) is 4.99. The predicted molar refractivity (Wildman–Crippen MR) is 81.4 cm³/mol. The van der Waals surface area contributed by atoms with Crippen molar-refractivity contribution in [3.8, 4) is 10.7 Å². The van der Waals surface area contributed by atoms with E-state index in [1.165, 1.54) is 11.3 Å². The third kappa shape index (κ3) is 3.28. The lowest BCUT2D eigenvalue weighted by Gasteiger charge is -2.09. The summed E-state index contributed by atoms with van der Waals surface area (Å²) < 4.78 is 5.51. The molecule has 1 fully saturated rings. The van der Waals surface area contributed by atoms with Gasteiger partial charge >= 0.3 is 0 Å². The molecule has 5 nitrogen and oxygen atoms in total. The van der Waals surface area contributed by atoms with Crippen LogP contribution in [0.2, 0.25) is 0 Å². The van der Waals surface area contributed by atoms with Crippen LogP contribution < -0.4 is 5.32 Å². The summed E-state index contributed by atoms with van der Waals surface area (Å²) in [6.07, 6.45) is 3.96. The molecule has 21 heavy (non-hydrogen) atoms. The Morgan fingerprint density at radius 1 is 1.52 bits per heavy atom. The molecule has 0 radical (unpaired) electrons. The van der Waals surface area contributed by atoms with Crippen LogP contribution in [0.1, 0.15) is 28.2 Å². The number of nitrogens with one attached hydrogen (secondary N) is 1. The van der Waals surface area contributed by atoms with E-state index in [0.717, 1.165) is 35.8 Å². The van der Waals surface area contributed by atoms with Gasteiger partial charge in [0.15, 0.2) is 0 Å². The fraction of sp³-hybridized carbons (Fsp3) is 0.400. The molecule has 1 N–H and O–H groups in total. The second kappa shape index (κ2) is 6.32. The molecule has 2 aromatic heterocycles. The first-order valence-corrected chi connectivity index (χ1v) is 7.84. The number of aryl methyl sites for hydroxylation is 1. The second-order valence-corrected chi connectivity index (χ2v) is 5.99. The summed E-state index contributed by atoms with van der Waals surface area (Å²) in [6, 6.07) is 5.67. The van der Waals surface area contributed by atoms with Crippen LogP contribution in [0.3, 0.4) is 0 Å². The van der Waals surface area contributed by atoms with Crippen LogP contribution in [0, 0.1) is 6.92 Å². The van der Waals surface area contributed by atoms with Crippen molar-refractivity contribution in [2.75, 3.05) is 13.2 Å². The van der Waals surface area contributed by atoms with Gasteiger partial charge in [-0.05, 0) is 31.9 Å². The number of carbonyl (C=O) groups is 1.